The van der Waals surface area contributed by atoms with Crippen LogP contribution < -0.4 is 0 Å². The lowest BCUT2D eigenvalue weighted by Crippen LogP contribution is -2.46. The first-order chi connectivity index (χ1) is 16.7. The van der Waals surface area contributed by atoms with Crippen molar-refractivity contribution >= 4 is 5.97 Å². The van der Waals surface area contributed by atoms with Gasteiger partial charge in [-0.1, -0.05) is 56.0 Å². The van der Waals surface area contributed by atoms with E-state index in [0.29, 0.717) is 18.1 Å². The monoisotopic (exact) mass is 473 g/mol. The van der Waals surface area contributed by atoms with Crippen LogP contribution >= 0.6 is 0 Å². The Balaban J connectivity index is 1.18. The van der Waals surface area contributed by atoms with Gasteiger partial charge in [-0.25, -0.2) is 4.79 Å². The molecule has 1 aromatic rings. The lowest BCUT2D eigenvalue weighted by molar-refractivity contribution is -0.177. The molecule has 1 saturated carbocycles. The summed E-state index contributed by atoms with van der Waals surface area (Å²) in [5.41, 5.74) is -0.857. The van der Waals surface area contributed by atoms with Crippen LogP contribution in [-0.4, -0.2) is 61.7 Å². The molecule has 4 rings (SSSR count). The van der Waals surface area contributed by atoms with Gasteiger partial charge in [-0.3, -0.25) is 0 Å². The fourth-order valence-corrected chi connectivity index (χ4v) is 5.81. The Morgan fingerprint density at radius 3 is 2.38 bits per heavy atom. The number of aliphatic hydroxyl groups is 1. The molecule has 3 aliphatic rings. The van der Waals surface area contributed by atoms with E-state index in [1.165, 1.54) is 19.3 Å². The summed E-state index contributed by atoms with van der Waals surface area (Å²) in [6.07, 6.45) is 11.7. The van der Waals surface area contributed by atoms with Gasteiger partial charge in [-0.15, -0.1) is 0 Å². The number of carbonyl (C=O) groups is 1. The van der Waals surface area contributed by atoms with E-state index in [4.69, 9.17) is 14.2 Å². The highest BCUT2D eigenvalue weighted by Crippen LogP contribution is 2.40. The van der Waals surface area contributed by atoms with Gasteiger partial charge in [0.2, 0.25) is 0 Å². The summed E-state index contributed by atoms with van der Waals surface area (Å²) in [7, 11) is 0. The normalized spacial score (nSPS) is 23.1. The zero-order valence-electron chi connectivity index (χ0n) is 20.7. The third-order valence-electron chi connectivity index (χ3n) is 7.98. The van der Waals surface area contributed by atoms with Crippen molar-refractivity contribution in [3.63, 3.8) is 0 Å². The number of esters is 1. The van der Waals surface area contributed by atoms with Gasteiger partial charge in [-0.05, 0) is 76.1 Å². The zero-order chi connectivity index (χ0) is 23.6. The van der Waals surface area contributed by atoms with Crippen LogP contribution in [0.1, 0.15) is 76.2 Å². The number of piperidine rings is 1. The molecule has 6 heteroatoms. The molecule has 2 heterocycles. The minimum Gasteiger partial charge on any atom is -0.463 e. The number of hydrogen-bond acceptors (Lipinski definition) is 6. The summed E-state index contributed by atoms with van der Waals surface area (Å²) >= 11 is 0. The average molecular weight is 474 g/mol. The molecule has 2 aliphatic heterocycles. The maximum absolute atomic E-state index is 13.3. The van der Waals surface area contributed by atoms with Gasteiger partial charge < -0.3 is 24.2 Å². The van der Waals surface area contributed by atoms with Crippen molar-refractivity contribution in [2.75, 3.05) is 39.5 Å². The quantitative estimate of drug-likeness (QED) is 0.373. The molecule has 190 valence electrons. The molecule has 0 spiro atoms. The number of benzene rings is 1. The lowest BCUT2D eigenvalue weighted by Gasteiger charge is -2.37. The van der Waals surface area contributed by atoms with Crippen LogP contribution in [0.3, 0.4) is 0 Å². The Labute approximate surface area is 204 Å². The fourth-order valence-electron chi connectivity index (χ4n) is 5.81. The van der Waals surface area contributed by atoms with Crippen LogP contribution in [0.2, 0.25) is 0 Å². The van der Waals surface area contributed by atoms with Gasteiger partial charge in [0.1, 0.15) is 0 Å². The molecule has 1 aromatic carbocycles. The number of likely N-dealkylation sites (tertiary alicyclic amines) is 1. The molecule has 1 atom stereocenters. The number of hydrogen-bond donors (Lipinski definition) is 1. The van der Waals surface area contributed by atoms with E-state index in [1.54, 1.807) is 0 Å². The van der Waals surface area contributed by atoms with Crippen molar-refractivity contribution in [2.24, 2.45) is 11.8 Å². The molecular weight excluding hydrogens is 430 g/mol. The van der Waals surface area contributed by atoms with Crippen molar-refractivity contribution in [1.29, 1.82) is 0 Å². The predicted molar refractivity (Wildman–Crippen MR) is 131 cm³/mol. The highest BCUT2D eigenvalue weighted by Gasteiger charge is 2.47. The molecule has 0 radical (unpaired) electrons. The second kappa shape index (κ2) is 13.0. The van der Waals surface area contributed by atoms with E-state index in [0.717, 1.165) is 84.2 Å². The van der Waals surface area contributed by atoms with E-state index >= 15 is 0 Å². The Kier molecular flexibility index (Phi) is 9.80. The van der Waals surface area contributed by atoms with E-state index in [1.807, 2.05) is 30.3 Å². The van der Waals surface area contributed by atoms with Gasteiger partial charge >= 0.3 is 5.97 Å². The first-order valence-corrected chi connectivity index (χ1v) is 13.6. The largest absolute Gasteiger partial charge is 0.463 e. The molecule has 1 unspecified atom stereocenters. The van der Waals surface area contributed by atoms with Crippen LogP contribution in [0.5, 0.6) is 0 Å². The van der Waals surface area contributed by atoms with Gasteiger partial charge in [0.25, 0.3) is 0 Å². The van der Waals surface area contributed by atoms with Crippen LogP contribution in [-0.2, 0) is 24.6 Å². The topological polar surface area (TPSA) is 68.2 Å². The van der Waals surface area contributed by atoms with Gasteiger partial charge in [-0.2, -0.15) is 0 Å². The number of unbranched alkanes of at least 4 members (excludes halogenated alkanes) is 2. The van der Waals surface area contributed by atoms with E-state index in [2.05, 4.69) is 4.90 Å². The van der Waals surface area contributed by atoms with Crippen LogP contribution in [0, 0.1) is 11.8 Å². The van der Waals surface area contributed by atoms with Crippen molar-refractivity contribution in [3.05, 3.63) is 35.9 Å². The second-order valence-electron chi connectivity index (χ2n) is 10.4. The molecule has 34 heavy (non-hydrogen) atoms. The predicted octanol–water partition coefficient (Wildman–Crippen LogP) is 4.64. The minimum absolute atomic E-state index is 0.0242. The molecule has 6 nitrogen and oxygen atoms in total. The molecule has 0 aromatic heterocycles. The van der Waals surface area contributed by atoms with Gasteiger partial charge in [0.05, 0.1) is 19.8 Å². The third-order valence-corrected chi connectivity index (χ3v) is 7.98. The first kappa shape index (κ1) is 25.6. The maximum Gasteiger partial charge on any atom is 0.343 e. The molecule has 0 bridgehead atoms. The Hall–Kier alpha value is -1.47. The number of carbonyl (C=O) groups excluding carboxylic acids is 1. The Bertz CT molecular complexity index is 724. The summed E-state index contributed by atoms with van der Waals surface area (Å²) in [5, 5.41) is 11.7. The van der Waals surface area contributed by atoms with Gasteiger partial charge in [0.15, 0.2) is 11.9 Å². The minimum atomic E-state index is -1.53. The van der Waals surface area contributed by atoms with E-state index in [9.17, 15) is 9.90 Å². The van der Waals surface area contributed by atoms with E-state index < -0.39 is 11.6 Å². The maximum atomic E-state index is 13.3. The summed E-state index contributed by atoms with van der Waals surface area (Å²) in [6.45, 7) is 5.14. The van der Waals surface area contributed by atoms with E-state index in [-0.39, 0.29) is 12.2 Å². The molecule has 2 saturated heterocycles. The first-order valence-electron chi connectivity index (χ1n) is 13.6. The van der Waals surface area contributed by atoms with Crippen molar-refractivity contribution in [3.8, 4) is 0 Å². The standard InChI is InChI=1S/C28H43NO5/c30-27(28(31,24-10-4-1-5-11-24)25-12-6-2-7-13-25)34-22-23-15-18-29(19-16-23)17-9-3-8-14-26-32-20-21-33-26/h1,4-5,10-11,23,25-26,31H,2-3,6-9,12-22H2. The highest BCUT2D eigenvalue weighted by molar-refractivity contribution is 5.81. The summed E-state index contributed by atoms with van der Waals surface area (Å²) < 4.78 is 16.8. The van der Waals surface area contributed by atoms with Crippen LogP contribution in [0.4, 0.5) is 0 Å². The number of ether oxygens (including phenoxy) is 3. The highest BCUT2D eigenvalue weighted by atomic mass is 16.7. The molecule has 0 amide bonds. The average Bonchev–Trinajstić information content (AvgIpc) is 3.42. The van der Waals surface area contributed by atoms with Crippen LogP contribution in [0.15, 0.2) is 30.3 Å². The summed E-state index contributed by atoms with van der Waals surface area (Å²) in [6, 6.07) is 9.43. The van der Waals surface area contributed by atoms with Gasteiger partial charge in [0, 0.05) is 5.92 Å². The molecule has 3 fully saturated rings. The SMILES string of the molecule is O=C(OCC1CCN(CCCCCC2OCCO2)CC1)C(O)(c1ccccc1)C1CCCCC1. The smallest absolute Gasteiger partial charge is 0.343 e. The summed E-state index contributed by atoms with van der Waals surface area (Å²) in [4.78, 5) is 15.8. The van der Waals surface area contributed by atoms with Crippen molar-refractivity contribution < 1.29 is 24.1 Å². The molecule has 1 N–H and O–H groups in total. The lowest BCUT2D eigenvalue weighted by atomic mass is 9.73. The molecule has 1 aliphatic carbocycles. The zero-order valence-corrected chi connectivity index (χ0v) is 20.7. The molecular formula is C28H43NO5. The van der Waals surface area contributed by atoms with Crippen molar-refractivity contribution in [2.45, 2.75) is 82.5 Å². The van der Waals surface area contributed by atoms with Crippen molar-refractivity contribution in [1.82, 2.24) is 4.90 Å². The Morgan fingerprint density at radius 1 is 0.971 bits per heavy atom. The number of nitrogens with zero attached hydrogens (tertiary/aromatic N) is 1. The number of rotatable bonds is 11. The third kappa shape index (κ3) is 6.81. The second-order valence-corrected chi connectivity index (χ2v) is 10.4. The van der Waals surface area contributed by atoms with Crippen LogP contribution in [0.25, 0.3) is 0 Å². The Morgan fingerprint density at radius 2 is 1.68 bits per heavy atom. The summed E-state index contributed by atoms with van der Waals surface area (Å²) in [5.74, 6) is -0.142. The fraction of sp³-hybridized carbons (Fsp3) is 0.750.